The topological polar surface area (TPSA) is 51.2 Å². The lowest BCUT2D eigenvalue weighted by molar-refractivity contribution is -0.116. The van der Waals surface area contributed by atoms with Gasteiger partial charge in [-0.15, -0.1) is 0 Å². The summed E-state index contributed by atoms with van der Waals surface area (Å²) >= 11 is 0. The molecule has 0 N–H and O–H groups in total. The summed E-state index contributed by atoms with van der Waals surface area (Å²) in [5.74, 6) is -0.634. The van der Waals surface area contributed by atoms with Crippen molar-refractivity contribution < 1.29 is 13.2 Å². The molecule has 1 aromatic carbocycles. The zero-order chi connectivity index (χ0) is 12.3. The van der Waals surface area contributed by atoms with Crippen LogP contribution in [-0.2, 0) is 21.1 Å². The van der Waals surface area contributed by atoms with Crippen molar-refractivity contribution in [3.63, 3.8) is 0 Å². The molecule has 0 unspecified atom stereocenters. The summed E-state index contributed by atoms with van der Waals surface area (Å²) in [6, 6.07) is 5.73. The Morgan fingerprint density at radius 3 is 2.31 bits per heavy atom. The van der Waals surface area contributed by atoms with Crippen molar-refractivity contribution in [1.82, 2.24) is 0 Å². The third kappa shape index (κ3) is 4.14. The fraction of sp³-hybridized carbons (Fsp3) is 0.417. The lowest BCUT2D eigenvalue weighted by Crippen LogP contribution is -2.16. The van der Waals surface area contributed by atoms with E-state index >= 15 is 0 Å². The second-order valence-electron chi connectivity index (χ2n) is 4.20. The lowest BCUT2D eigenvalue weighted by atomic mass is 10.0. The maximum atomic E-state index is 11.4. The predicted molar refractivity (Wildman–Crippen MR) is 64.3 cm³/mol. The maximum absolute atomic E-state index is 11.4. The second kappa shape index (κ2) is 4.78. The Bertz CT molecular complexity index is 501. The van der Waals surface area contributed by atoms with Crippen molar-refractivity contribution in [2.24, 2.45) is 0 Å². The number of Topliss-reactive ketones (excluding diaryl/α,β-unsaturated/α-hetero) is 1. The van der Waals surface area contributed by atoms with E-state index in [0.29, 0.717) is 0 Å². The highest BCUT2D eigenvalue weighted by molar-refractivity contribution is 7.91. The summed E-state index contributed by atoms with van der Waals surface area (Å²) in [5.41, 5.74) is 3.15. The van der Waals surface area contributed by atoms with E-state index in [9.17, 15) is 13.2 Å². The molecule has 0 aliphatic heterocycles. The highest BCUT2D eigenvalue weighted by Crippen LogP contribution is 2.10. The van der Waals surface area contributed by atoms with Crippen LogP contribution in [0.15, 0.2) is 18.2 Å². The number of carbonyl (C=O) groups is 1. The minimum atomic E-state index is -3.21. The summed E-state index contributed by atoms with van der Waals surface area (Å²) in [7, 11) is -3.21. The van der Waals surface area contributed by atoms with Crippen LogP contribution < -0.4 is 0 Å². The van der Waals surface area contributed by atoms with E-state index < -0.39 is 9.84 Å². The molecule has 16 heavy (non-hydrogen) atoms. The van der Waals surface area contributed by atoms with Gasteiger partial charge in [0.2, 0.25) is 0 Å². The highest BCUT2D eigenvalue weighted by atomic mass is 32.2. The number of benzene rings is 1. The number of rotatable bonds is 4. The Kier molecular flexibility index (Phi) is 3.86. The van der Waals surface area contributed by atoms with Gasteiger partial charge in [-0.1, -0.05) is 18.2 Å². The molecule has 0 saturated carbocycles. The van der Waals surface area contributed by atoms with Gasteiger partial charge in [-0.2, -0.15) is 0 Å². The smallest absolute Gasteiger partial charge is 0.154 e. The molecule has 0 aliphatic carbocycles. The lowest BCUT2D eigenvalue weighted by Gasteiger charge is -2.04. The van der Waals surface area contributed by atoms with E-state index in [1.54, 1.807) is 0 Å². The van der Waals surface area contributed by atoms with Gasteiger partial charge < -0.3 is 0 Å². The summed E-state index contributed by atoms with van der Waals surface area (Å²) in [6.07, 6.45) is 1.26. The van der Waals surface area contributed by atoms with Crippen molar-refractivity contribution >= 4 is 15.6 Å². The standard InChI is InChI=1S/C12H16O3S/c1-9-4-5-11(6-10(9)2)7-12(13)8-16(3,14)15/h4-6H,7-8H2,1-3H3. The monoisotopic (exact) mass is 240 g/mol. The van der Waals surface area contributed by atoms with Crippen LogP contribution in [0.1, 0.15) is 16.7 Å². The van der Waals surface area contributed by atoms with Gasteiger partial charge in [-0.05, 0) is 30.5 Å². The van der Waals surface area contributed by atoms with Crippen molar-refractivity contribution in [1.29, 1.82) is 0 Å². The summed E-state index contributed by atoms with van der Waals surface area (Å²) < 4.78 is 21.9. The average Bonchev–Trinajstić information content (AvgIpc) is 2.08. The molecule has 0 radical (unpaired) electrons. The zero-order valence-corrected chi connectivity index (χ0v) is 10.6. The van der Waals surface area contributed by atoms with Gasteiger partial charge in [0.05, 0.1) is 0 Å². The van der Waals surface area contributed by atoms with Crippen molar-refractivity contribution in [2.45, 2.75) is 20.3 Å². The molecule has 0 saturated heterocycles. The summed E-state index contributed by atoms with van der Waals surface area (Å²) in [5, 5.41) is 0. The van der Waals surface area contributed by atoms with Crippen LogP contribution in [0.4, 0.5) is 0 Å². The van der Waals surface area contributed by atoms with Gasteiger partial charge in [-0.25, -0.2) is 8.42 Å². The first kappa shape index (κ1) is 12.9. The number of hydrogen-bond donors (Lipinski definition) is 0. The van der Waals surface area contributed by atoms with E-state index in [1.807, 2.05) is 32.0 Å². The van der Waals surface area contributed by atoms with Crippen LogP contribution in [-0.4, -0.2) is 26.2 Å². The number of carbonyl (C=O) groups excluding carboxylic acids is 1. The zero-order valence-electron chi connectivity index (χ0n) is 9.78. The minimum absolute atomic E-state index is 0.189. The number of sulfone groups is 1. The molecule has 0 amide bonds. The van der Waals surface area contributed by atoms with Crippen molar-refractivity contribution in [3.8, 4) is 0 Å². The molecule has 0 atom stereocenters. The molecular weight excluding hydrogens is 224 g/mol. The van der Waals surface area contributed by atoms with Gasteiger partial charge >= 0.3 is 0 Å². The van der Waals surface area contributed by atoms with E-state index in [0.717, 1.165) is 17.4 Å². The second-order valence-corrected chi connectivity index (χ2v) is 6.34. The quantitative estimate of drug-likeness (QED) is 0.800. The number of aryl methyl sites for hydroxylation is 2. The average molecular weight is 240 g/mol. The molecule has 1 rings (SSSR count). The molecule has 0 bridgehead atoms. The maximum Gasteiger partial charge on any atom is 0.154 e. The largest absolute Gasteiger partial charge is 0.298 e. The van der Waals surface area contributed by atoms with Crippen LogP contribution in [0.5, 0.6) is 0 Å². The molecule has 1 aromatic rings. The fourth-order valence-electron chi connectivity index (χ4n) is 1.48. The summed E-state index contributed by atoms with van der Waals surface area (Å²) in [4.78, 5) is 11.4. The molecule has 0 heterocycles. The first-order valence-corrected chi connectivity index (χ1v) is 7.09. The fourth-order valence-corrected chi connectivity index (χ4v) is 2.17. The summed E-state index contributed by atoms with van der Waals surface area (Å²) in [6.45, 7) is 3.97. The predicted octanol–water partition coefficient (Wildman–Crippen LogP) is 1.46. The Hall–Kier alpha value is -1.16. The van der Waals surface area contributed by atoms with E-state index in [2.05, 4.69) is 0 Å². The molecule has 3 nitrogen and oxygen atoms in total. The van der Waals surface area contributed by atoms with Crippen molar-refractivity contribution in [3.05, 3.63) is 34.9 Å². The first-order valence-electron chi connectivity index (χ1n) is 5.03. The van der Waals surface area contributed by atoms with E-state index in [-0.39, 0.29) is 18.0 Å². The minimum Gasteiger partial charge on any atom is -0.298 e. The van der Waals surface area contributed by atoms with E-state index in [1.165, 1.54) is 5.56 Å². The van der Waals surface area contributed by atoms with Crippen molar-refractivity contribution in [2.75, 3.05) is 12.0 Å². The van der Waals surface area contributed by atoms with Gasteiger partial charge in [0.1, 0.15) is 5.75 Å². The molecule has 0 spiro atoms. The van der Waals surface area contributed by atoms with Crippen LogP contribution in [0.25, 0.3) is 0 Å². The van der Waals surface area contributed by atoms with Crippen LogP contribution in [0.2, 0.25) is 0 Å². The van der Waals surface area contributed by atoms with Gasteiger partial charge in [0.25, 0.3) is 0 Å². The molecule has 4 heteroatoms. The normalized spacial score (nSPS) is 11.4. The molecular formula is C12H16O3S. The Morgan fingerprint density at radius 1 is 1.19 bits per heavy atom. The molecule has 0 aliphatic rings. The van der Waals surface area contributed by atoms with Gasteiger partial charge in [-0.3, -0.25) is 4.79 Å². The Labute approximate surface area is 96.4 Å². The molecule has 88 valence electrons. The van der Waals surface area contributed by atoms with Crippen LogP contribution in [0, 0.1) is 13.8 Å². The number of hydrogen-bond acceptors (Lipinski definition) is 3. The number of ketones is 1. The Balaban J connectivity index is 2.74. The SMILES string of the molecule is Cc1ccc(CC(=O)CS(C)(=O)=O)cc1C. The van der Waals surface area contributed by atoms with Crippen LogP contribution in [0.3, 0.4) is 0 Å². The van der Waals surface area contributed by atoms with Crippen LogP contribution >= 0.6 is 0 Å². The van der Waals surface area contributed by atoms with Gasteiger partial charge in [0, 0.05) is 12.7 Å². The van der Waals surface area contributed by atoms with E-state index in [4.69, 9.17) is 0 Å². The Morgan fingerprint density at radius 2 is 1.81 bits per heavy atom. The third-order valence-corrected chi connectivity index (χ3v) is 3.24. The highest BCUT2D eigenvalue weighted by Gasteiger charge is 2.11. The van der Waals surface area contributed by atoms with Gasteiger partial charge in [0.15, 0.2) is 15.6 Å². The molecule has 0 aromatic heterocycles. The third-order valence-electron chi connectivity index (χ3n) is 2.40. The molecule has 0 fully saturated rings. The first-order chi connectivity index (χ1) is 7.28.